The first-order valence-electron chi connectivity index (χ1n) is 4.63. The molecular formula is C10H16N2S. The van der Waals surface area contributed by atoms with Crippen molar-refractivity contribution in [2.24, 2.45) is 0 Å². The molecule has 0 aromatic carbocycles. The van der Waals surface area contributed by atoms with Gasteiger partial charge in [0, 0.05) is 25.0 Å². The molecule has 0 unspecified atom stereocenters. The molecule has 0 spiro atoms. The first-order valence-corrected chi connectivity index (χ1v) is 5.03. The van der Waals surface area contributed by atoms with Gasteiger partial charge in [-0.15, -0.1) is 0 Å². The summed E-state index contributed by atoms with van der Waals surface area (Å²) in [6.45, 7) is 6.00. The number of hydrogen-bond donors (Lipinski definition) is 1. The van der Waals surface area contributed by atoms with Gasteiger partial charge in [0.05, 0.1) is 0 Å². The van der Waals surface area contributed by atoms with E-state index in [-0.39, 0.29) is 0 Å². The summed E-state index contributed by atoms with van der Waals surface area (Å²) in [5.74, 6) is 0. The van der Waals surface area contributed by atoms with Crippen molar-refractivity contribution in [2.75, 3.05) is 6.54 Å². The van der Waals surface area contributed by atoms with Gasteiger partial charge in [-0.3, -0.25) is 4.98 Å². The molecular weight excluding hydrogens is 180 g/mol. The predicted octanol–water partition coefficient (Wildman–Crippen LogP) is 2.31. The molecule has 0 aliphatic carbocycles. The van der Waals surface area contributed by atoms with Crippen molar-refractivity contribution in [3.05, 3.63) is 29.6 Å². The second-order valence-electron chi connectivity index (χ2n) is 2.99. The first-order chi connectivity index (χ1) is 6.26. The van der Waals surface area contributed by atoms with Crippen molar-refractivity contribution in [3.8, 4) is 0 Å². The van der Waals surface area contributed by atoms with Crippen LogP contribution in [0.3, 0.4) is 0 Å². The normalized spacial score (nSPS) is 10.8. The Morgan fingerprint density at radius 1 is 1.38 bits per heavy atom. The molecule has 0 saturated heterocycles. The Labute approximate surface area is 85.5 Å². The van der Waals surface area contributed by atoms with Gasteiger partial charge in [0.15, 0.2) is 0 Å². The van der Waals surface area contributed by atoms with E-state index in [1.807, 2.05) is 10.5 Å². The Kier molecular flexibility index (Phi) is 4.25. The highest BCUT2D eigenvalue weighted by atomic mass is 32.1. The summed E-state index contributed by atoms with van der Waals surface area (Å²) in [4.78, 5) is 4.32. The zero-order valence-corrected chi connectivity index (χ0v) is 9.09. The van der Waals surface area contributed by atoms with Crippen molar-refractivity contribution < 1.29 is 0 Å². The molecule has 0 aliphatic heterocycles. The lowest BCUT2D eigenvalue weighted by Crippen LogP contribution is -2.10. The summed E-state index contributed by atoms with van der Waals surface area (Å²) in [5.41, 5.74) is 2.36. The van der Waals surface area contributed by atoms with Crippen LogP contribution in [0.5, 0.6) is 0 Å². The minimum atomic E-state index is 0.858. The number of rotatable bonds is 4. The van der Waals surface area contributed by atoms with E-state index in [2.05, 4.69) is 43.8 Å². The van der Waals surface area contributed by atoms with E-state index in [4.69, 9.17) is 0 Å². The molecule has 1 aromatic rings. The lowest BCUT2D eigenvalue weighted by Gasteiger charge is -2.11. The second kappa shape index (κ2) is 5.25. The second-order valence-corrected chi connectivity index (χ2v) is 3.56. The summed E-state index contributed by atoms with van der Waals surface area (Å²) in [6, 6.07) is 4.19. The van der Waals surface area contributed by atoms with E-state index in [0.717, 1.165) is 25.2 Å². The smallest absolute Gasteiger partial charge is 0.0401 e. The standard InChI is InChI=1S/C10H16N2S/c1-3-10-6-5-9(7-11-10)8-12(13)4-2/h5-7,13H,3-4,8H2,1-2H3. The summed E-state index contributed by atoms with van der Waals surface area (Å²) >= 11 is 4.30. The highest BCUT2D eigenvalue weighted by molar-refractivity contribution is 7.77. The summed E-state index contributed by atoms with van der Waals surface area (Å²) in [6.07, 6.45) is 2.93. The van der Waals surface area contributed by atoms with Crippen LogP contribution in [-0.2, 0) is 13.0 Å². The third-order valence-corrected chi connectivity index (χ3v) is 2.40. The third-order valence-electron chi connectivity index (χ3n) is 1.98. The maximum Gasteiger partial charge on any atom is 0.0401 e. The van der Waals surface area contributed by atoms with Gasteiger partial charge in [-0.2, -0.15) is 0 Å². The number of pyridine rings is 1. The molecule has 0 N–H and O–H groups in total. The maximum atomic E-state index is 4.32. The van der Waals surface area contributed by atoms with Crippen LogP contribution >= 0.6 is 12.8 Å². The molecule has 72 valence electrons. The Balaban J connectivity index is 2.58. The lowest BCUT2D eigenvalue weighted by atomic mass is 10.2. The van der Waals surface area contributed by atoms with Gasteiger partial charge in [0.1, 0.15) is 0 Å². The van der Waals surface area contributed by atoms with Gasteiger partial charge in [-0.1, -0.05) is 32.7 Å². The number of thiol groups is 1. The maximum absolute atomic E-state index is 4.32. The number of aromatic nitrogens is 1. The zero-order chi connectivity index (χ0) is 9.68. The molecule has 1 heterocycles. The van der Waals surface area contributed by atoms with Crippen LogP contribution in [-0.4, -0.2) is 15.8 Å². The Morgan fingerprint density at radius 2 is 2.15 bits per heavy atom. The molecule has 2 nitrogen and oxygen atoms in total. The molecule has 1 aromatic heterocycles. The largest absolute Gasteiger partial charge is 0.261 e. The van der Waals surface area contributed by atoms with Crippen LogP contribution in [0.1, 0.15) is 25.1 Å². The number of nitrogens with zero attached hydrogens (tertiary/aromatic N) is 2. The van der Waals surface area contributed by atoms with Crippen LogP contribution in [0.4, 0.5) is 0 Å². The van der Waals surface area contributed by atoms with Gasteiger partial charge < -0.3 is 0 Å². The van der Waals surface area contributed by atoms with Gasteiger partial charge in [0.25, 0.3) is 0 Å². The number of hydrogen-bond acceptors (Lipinski definition) is 3. The van der Waals surface area contributed by atoms with E-state index >= 15 is 0 Å². The minimum Gasteiger partial charge on any atom is -0.261 e. The Bertz CT molecular complexity index is 246. The monoisotopic (exact) mass is 196 g/mol. The van der Waals surface area contributed by atoms with Crippen LogP contribution in [0.25, 0.3) is 0 Å². The fraction of sp³-hybridized carbons (Fsp3) is 0.500. The molecule has 0 saturated carbocycles. The van der Waals surface area contributed by atoms with E-state index in [1.54, 1.807) is 0 Å². The van der Waals surface area contributed by atoms with E-state index in [9.17, 15) is 0 Å². The van der Waals surface area contributed by atoms with Crippen molar-refractivity contribution in [2.45, 2.75) is 26.8 Å². The molecule has 0 fully saturated rings. The average molecular weight is 196 g/mol. The minimum absolute atomic E-state index is 0.858. The highest BCUT2D eigenvalue weighted by Crippen LogP contribution is 2.06. The van der Waals surface area contributed by atoms with Gasteiger partial charge >= 0.3 is 0 Å². The van der Waals surface area contributed by atoms with Crippen LogP contribution in [0.2, 0.25) is 0 Å². The number of aryl methyl sites for hydroxylation is 1. The quantitative estimate of drug-likeness (QED) is 0.744. The molecule has 3 heteroatoms. The molecule has 0 bridgehead atoms. The molecule has 0 aliphatic rings. The molecule has 0 radical (unpaired) electrons. The SMILES string of the molecule is CCc1ccc(CN(S)CC)cn1. The van der Waals surface area contributed by atoms with Crippen molar-refractivity contribution in [1.29, 1.82) is 0 Å². The first kappa shape index (κ1) is 10.5. The fourth-order valence-corrected chi connectivity index (χ4v) is 1.24. The zero-order valence-electron chi connectivity index (χ0n) is 8.20. The van der Waals surface area contributed by atoms with Crippen LogP contribution in [0, 0.1) is 0 Å². The van der Waals surface area contributed by atoms with E-state index < -0.39 is 0 Å². The molecule has 0 amide bonds. The van der Waals surface area contributed by atoms with Crippen molar-refractivity contribution >= 4 is 12.8 Å². The molecule has 0 atom stereocenters. The van der Waals surface area contributed by atoms with Crippen LogP contribution in [0.15, 0.2) is 18.3 Å². The highest BCUT2D eigenvalue weighted by Gasteiger charge is 1.98. The topological polar surface area (TPSA) is 16.1 Å². The average Bonchev–Trinajstić information content (AvgIpc) is 2.19. The molecule has 1 rings (SSSR count). The third kappa shape index (κ3) is 3.36. The molecule has 13 heavy (non-hydrogen) atoms. The Morgan fingerprint density at radius 3 is 2.62 bits per heavy atom. The van der Waals surface area contributed by atoms with Crippen LogP contribution < -0.4 is 0 Å². The Hall–Kier alpha value is -0.540. The lowest BCUT2D eigenvalue weighted by molar-refractivity contribution is 0.498. The van der Waals surface area contributed by atoms with E-state index in [1.165, 1.54) is 5.56 Å². The predicted molar refractivity (Wildman–Crippen MR) is 58.7 cm³/mol. The summed E-state index contributed by atoms with van der Waals surface area (Å²) in [5, 5.41) is 0. The van der Waals surface area contributed by atoms with Crippen molar-refractivity contribution in [3.63, 3.8) is 0 Å². The summed E-state index contributed by atoms with van der Waals surface area (Å²) in [7, 11) is 0. The van der Waals surface area contributed by atoms with E-state index in [0.29, 0.717) is 0 Å². The van der Waals surface area contributed by atoms with Gasteiger partial charge in [0.2, 0.25) is 0 Å². The van der Waals surface area contributed by atoms with Crippen molar-refractivity contribution in [1.82, 2.24) is 9.29 Å². The van der Waals surface area contributed by atoms with Gasteiger partial charge in [-0.05, 0) is 18.1 Å². The van der Waals surface area contributed by atoms with Gasteiger partial charge in [-0.25, -0.2) is 4.31 Å². The summed E-state index contributed by atoms with van der Waals surface area (Å²) < 4.78 is 1.96. The fourth-order valence-electron chi connectivity index (χ4n) is 1.08.